The molecule has 0 atom stereocenters. The zero-order valence-electron chi connectivity index (χ0n) is 24.7. The molecule has 3 aromatic carbocycles. The monoisotopic (exact) mass is 750 g/mol. The molecule has 1 radical (unpaired) electrons. The average molecular weight is 752 g/mol. The molecule has 0 bridgehead atoms. The largest absolute Gasteiger partial charge is 2.00 e. The Bertz CT molecular complexity index is 1770. The smallest absolute Gasteiger partial charge is 0.400 e. The van der Waals surface area contributed by atoms with Crippen molar-refractivity contribution in [2.75, 3.05) is 7.11 Å². The van der Waals surface area contributed by atoms with Crippen molar-refractivity contribution in [3.63, 3.8) is 0 Å². The number of pyridine rings is 2. The summed E-state index contributed by atoms with van der Waals surface area (Å²) in [5, 5.41) is 12.6. The van der Waals surface area contributed by atoms with Crippen LogP contribution in [0.15, 0.2) is 97.3 Å². The fourth-order valence-corrected chi connectivity index (χ4v) is 4.16. The van der Waals surface area contributed by atoms with Gasteiger partial charge in [-0.15, -0.1) is 20.5 Å². The number of halogens is 2. The number of benzene rings is 3. The zero-order chi connectivity index (χ0) is 34.5. The van der Waals surface area contributed by atoms with Gasteiger partial charge in [0, 0.05) is 30.3 Å². The van der Waals surface area contributed by atoms with E-state index in [4.69, 9.17) is 42.4 Å². The number of nitrogens with one attached hydrogen (secondary N) is 3. The molecular formula is C29H27Cl2CuN7O9. The molecule has 7 aromatic rings. The Kier molecular flexibility index (Phi) is 16.1. The van der Waals surface area contributed by atoms with Crippen molar-refractivity contribution in [2.24, 2.45) is 0 Å². The Hall–Kier alpha value is -3.88. The Balaban J connectivity index is 0.000000256. The quantitative estimate of drug-likeness (QED) is 0.0976. The van der Waals surface area contributed by atoms with Gasteiger partial charge in [-0.1, -0.05) is 48.5 Å². The molecule has 4 N–H and O–H groups in total. The molecule has 16 nitrogen and oxygen atoms in total. The molecular weight excluding hydrogens is 725 g/mol. The van der Waals surface area contributed by atoms with Gasteiger partial charge in [-0.3, -0.25) is 9.97 Å². The SMILES string of the molecule is CO.[Cu+2].[O-][Cl+3]([O-])([O-])[O-].[O-][Cl+3]([O-])([O-])[O-].c1ccc2[nH]c(CNCc3nc4ccccc4[nH]3)nc2c1.c1cnc2c(c1)ccc1cccnc12. The molecule has 0 aliphatic rings. The first kappa shape index (κ1) is 40.3. The van der Waals surface area contributed by atoms with E-state index in [2.05, 4.69) is 59.5 Å². The normalized spacial score (nSPS) is 10.8. The molecule has 19 heteroatoms. The fraction of sp³-hybridized carbons (Fsp3) is 0.103. The summed E-state index contributed by atoms with van der Waals surface area (Å²) in [6, 6.07) is 28.2. The number of para-hydroxylation sites is 4. The van der Waals surface area contributed by atoms with Gasteiger partial charge in [-0.2, -0.15) is 0 Å². The molecule has 0 aliphatic heterocycles. The standard InChI is InChI=1S/C16H15N5.C12H8N2.CH4O.2ClHO4.Cu/c1-2-6-12-11(5-1)18-15(19-12)9-17-10-16-20-13-7-3-4-8-14(13)21-16;1-3-9-5-6-10-4-2-8-14-12(10)11(9)13-7-1;1-2;2*2-1(3,4)5;/h1-8,17H,9-10H2,(H,18,19)(H,20,21);1-8H;2H,1H3;2*(H,2,3,4,5);/q;;;;;+2/p-2. The van der Waals surface area contributed by atoms with Crippen LogP contribution < -0.4 is 42.6 Å². The molecule has 257 valence electrons. The van der Waals surface area contributed by atoms with Crippen LogP contribution in [0.5, 0.6) is 0 Å². The second-order valence-electron chi connectivity index (χ2n) is 8.98. The van der Waals surface area contributed by atoms with Gasteiger partial charge in [0.15, 0.2) is 0 Å². The van der Waals surface area contributed by atoms with Crippen LogP contribution in [0, 0.1) is 20.5 Å². The first-order chi connectivity index (χ1) is 22.3. The first-order valence-electron chi connectivity index (χ1n) is 13.2. The zero-order valence-corrected chi connectivity index (χ0v) is 27.2. The number of nitrogens with zero attached hydrogens (tertiary/aromatic N) is 4. The van der Waals surface area contributed by atoms with Crippen LogP contribution in [0.2, 0.25) is 0 Å². The molecule has 0 aliphatic carbocycles. The molecule has 0 fully saturated rings. The van der Waals surface area contributed by atoms with Crippen LogP contribution in [0.25, 0.3) is 43.9 Å². The van der Waals surface area contributed by atoms with Gasteiger partial charge in [0.05, 0.1) is 46.2 Å². The minimum atomic E-state index is -4.94. The summed E-state index contributed by atoms with van der Waals surface area (Å²) in [7, 11) is -8.89. The van der Waals surface area contributed by atoms with Crippen molar-refractivity contribution < 1.29 is 79.9 Å². The predicted octanol–water partition coefficient (Wildman–Crippen LogP) is -4.39. The minimum Gasteiger partial charge on any atom is -0.400 e. The van der Waals surface area contributed by atoms with Crippen molar-refractivity contribution >= 4 is 43.9 Å². The van der Waals surface area contributed by atoms with Crippen molar-refractivity contribution in [1.29, 1.82) is 0 Å². The number of aromatic nitrogens is 6. The van der Waals surface area contributed by atoms with E-state index in [1.54, 1.807) is 12.4 Å². The van der Waals surface area contributed by atoms with Crippen LogP contribution in [0.3, 0.4) is 0 Å². The van der Waals surface area contributed by atoms with Crippen LogP contribution in [0.1, 0.15) is 11.6 Å². The van der Waals surface area contributed by atoms with E-state index in [0.717, 1.165) is 62.6 Å². The fourth-order valence-electron chi connectivity index (χ4n) is 4.16. The maximum Gasteiger partial charge on any atom is 2.00 e. The topological polar surface area (TPSA) is 300 Å². The van der Waals surface area contributed by atoms with Crippen LogP contribution in [0.4, 0.5) is 0 Å². The van der Waals surface area contributed by atoms with E-state index in [1.807, 2.05) is 60.7 Å². The summed E-state index contributed by atoms with van der Waals surface area (Å²) in [5.74, 6) is 1.87. The van der Waals surface area contributed by atoms with E-state index in [0.29, 0.717) is 13.1 Å². The van der Waals surface area contributed by atoms with Gasteiger partial charge in [-0.05, 0) is 36.4 Å². The number of fused-ring (bicyclic) bond motifs is 5. The van der Waals surface area contributed by atoms with E-state index < -0.39 is 20.5 Å². The summed E-state index contributed by atoms with van der Waals surface area (Å²) >= 11 is 0. The second-order valence-corrected chi connectivity index (χ2v) is 10.5. The molecule has 0 spiro atoms. The maximum atomic E-state index is 8.49. The summed E-state index contributed by atoms with van der Waals surface area (Å²) < 4.78 is 67.9. The van der Waals surface area contributed by atoms with Gasteiger partial charge in [-0.25, -0.2) is 47.2 Å². The predicted molar refractivity (Wildman–Crippen MR) is 148 cm³/mol. The number of imidazole rings is 2. The van der Waals surface area contributed by atoms with Gasteiger partial charge in [0.25, 0.3) is 0 Å². The third-order valence-corrected chi connectivity index (χ3v) is 5.81. The number of aromatic amines is 2. The van der Waals surface area contributed by atoms with Gasteiger partial charge in [0.2, 0.25) is 0 Å². The number of aliphatic hydroxyl groups excluding tert-OH is 1. The second kappa shape index (κ2) is 19.2. The van der Waals surface area contributed by atoms with Crippen molar-refractivity contribution in [2.45, 2.75) is 13.1 Å². The van der Waals surface area contributed by atoms with Crippen LogP contribution in [-0.2, 0) is 30.2 Å². The minimum absolute atomic E-state index is 0. The third kappa shape index (κ3) is 14.1. The summed E-state index contributed by atoms with van der Waals surface area (Å²) in [6.45, 7) is 1.37. The Morgan fingerprint density at radius 2 is 0.917 bits per heavy atom. The Morgan fingerprint density at radius 1 is 0.562 bits per heavy atom. The molecule has 0 amide bonds. The maximum absolute atomic E-state index is 8.49. The number of H-pyrrole nitrogens is 2. The molecule has 7 rings (SSSR count). The average Bonchev–Trinajstić information content (AvgIpc) is 3.64. The number of rotatable bonds is 4. The first-order valence-corrected chi connectivity index (χ1v) is 15.6. The van der Waals surface area contributed by atoms with Crippen molar-refractivity contribution in [3.05, 3.63) is 109 Å². The van der Waals surface area contributed by atoms with Gasteiger partial charge < -0.3 is 20.4 Å². The molecule has 4 heterocycles. The Morgan fingerprint density at radius 3 is 1.27 bits per heavy atom. The van der Waals surface area contributed by atoms with Crippen molar-refractivity contribution in [1.82, 2.24) is 35.2 Å². The summed E-state index contributed by atoms with van der Waals surface area (Å²) in [5.41, 5.74) is 6.09. The molecule has 0 saturated carbocycles. The molecule has 0 unspecified atom stereocenters. The van der Waals surface area contributed by atoms with E-state index in [1.165, 1.54) is 0 Å². The van der Waals surface area contributed by atoms with Crippen LogP contribution in [-0.4, -0.2) is 42.1 Å². The van der Waals surface area contributed by atoms with Crippen LogP contribution >= 0.6 is 0 Å². The summed E-state index contributed by atoms with van der Waals surface area (Å²) in [4.78, 5) is 24.4. The summed E-state index contributed by atoms with van der Waals surface area (Å²) in [6.07, 6.45) is 3.60. The number of aliphatic hydroxyl groups is 1. The Labute approximate surface area is 287 Å². The third-order valence-electron chi connectivity index (χ3n) is 5.81. The molecule has 4 aromatic heterocycles. The van der Waals surface area contributed by atoms with E-state index in [-0.39, 0.29) is 17.1 Å². The molecule has 0 saturated heterocycles. The molecule has 48 heavy (non-hydrogen) atoms. The number of hydrogen-bond acceptors (Lipinski definition) is 14. The van der Waals surface area contributed by atoms with Crippen molar-refractivity contribution in [3.8, 4) is 0 Å². The van der Waals surface area contributed by atoms with Gasteiger partial charge >= 0.3 is 17.1 Å². The number of hydrogen-bond donors (Lipinski definition) is 4. The van der Waals surface area contributed by atoms with E-state index in [9.17, 15) is 0 Å². The van der Waals surface area contributed by atoms with Gasteiger partial charge in [0.1, 0.15) is 11.6 Å². The van der Waals surface area contributed by atoms with E-state index >= 15 is 0 Å².